The number of hydrogen-bond acceptors (Lipinski definition) is 2. The number of ether oxygens (including phenoxy) is 1. The molecule has 0 saturated heterocycles. The van der Waals surface area contributed by atoms with Crippen LogP contribution in [0.4, 0.5) is 8.78 Å². The highest BCUT2D eigenvalue weighted by Gasteiger charge is 2.23. The van der Waals surface area contributed by atoms with Gasteiger partial charge in [-0.05, 0) is 42.4 Å². The van der Waals surface area contributed by atoms with E-state index in [4.69, 9.17) is 0 Å². The van der Waals surface area contributed by atoms with Crippen molar-refractivity contribution in [1.29, 1.82) is 0 Å². The third-order valence-corrected chi connectivity index (χ3v) is 3.75. The maximum absolute atomic E-state index is 13.8. The summed E-state index contributed by atoms with van der Waals surface area (Å²) in [6.07, 6.45) is 4.07. The van der Waals surface area contributed by atoms with Crippen molar-refractivity contribution in [3.8, 4) is 5.75 Å². The van der Waals surface area contributed by atoms with E-state index >= 15 is 0 Å². The summed E-state index contributed by atoms with van der Waals surface area (Å²) in [4.78, 5) is 10.8. The molecule has 1 aromatic rings. The van der Waals surface area contributed by atoms with Crippen LogP contribution in [0.5, 0.6) is 5.75 Å². The van der Waals surface area contributed by atoms with Crippen molar-refractivity contribution in [3.63, 3.8) is 0 Å². The number of benzene rings is 1. The molecule has 104 valence electrons. The standard InChI is InChI=1S/C15H18F2O2/c1-9-3-5-11(6-4-9)12-7-13(16)15(14(17)8-12)19-10(2)18/h7-9,11H,3-6H2,1-2H3. The fraction of sp³-hybridized carbons (Fsp3) is 0.533. The van der Waals surface area contributed by atoms with Crippen LogP contribution in [0.3, 0.4) is 0 Å². The molecule has 19 heavy (non-hydrogen) atoms. The highest BCUT2D eigenvalue weighted by molar-refractivity contribution is 5.69. The summed E-state index contributed by atoms with van der Waals surface area (Å²) in [5.41, 5.74) is 0.665. The minimum atomic E-state index is -0.802. The summed E-state index contributed by atoms with van der Waals surface area (Å²) < 4.78 is 32.1. The fourth-order valence-corrected chi connectivity index (χ4v) is 2.65. The molecule has 0 aromatic heterocycles. The Kier molecular flexibility index (Phi) is 4.17. The minimum absolute atomic E-state index is 0.201. The Bertz CT molecular complexity index is 454. The first-order valence-electron chi connectivity index (χ1n) is 6.64. The Morgan fingerprint density at radius 3 is 2.16 bits per heavy atom. The van der Waals surface area contributed by atoms with E-state index in [1.54, 1.807) is 0 Å². The second-order valence-electron chi connectivity index (χ2n) is 5.36. The lowest BCUT2D eigenvalue weighted by molar-refractivity contribution is -0.132. The van der Waals surface area contributed by atoms with Gasteiger partial charge in [0.1, 0.15) is 0 Å². The quantitative estimate of drug-likeness (QED) is 0.594. The van der Waals surface area contributed by atoms with Crippen LogP contribution in [0, 0.1) is 17.6 Å². The Hall–Kier alpha value is -1.45. The van der Waals surface area contributed by atoms with Gasteiger partial charge in [-0.1, -0.05) is 19.8 Å². The summed E-state index contributed by atoms with van der Waals surface area (Å²) in [5, 5.41) is 0. The van der Waals surface area contributed by atoms with Gasteiger partial charge in [0.2, 0.25) is 5.75 Å². The lowest BCUT2D eigenvalue weighted by atomic mass is 9.79. The van der Waals surface area contributed by atoms with Gasteiger partial charge in [-0.25, -0.2) is 8.78 Å². The van der Waals surface area contributed by atoms with E-state index in [0.29, 0.717) is 11.5 Å². The second-order valence-corrected chi connectivity index (χ2v) is 5.36. The van der Waals surface area contributed by atoms with Crippen molar-refractivity contribution in [2.45, 2.75) is 45.4 Å². The minimum Gasteiger partial charge on any atom is -0.420 e. The average molecular weight is 268 g/mol. The molecule has 0 aliphatic heterocycles. The van der Waals surface area contributed by atoms with Crippen molar-refractivity contribution in [1.82, 2.24) is 0 Å². The molecule has 2 rings (SSSR count). The van der Waals surface area contributed by atoms with Gasteiger partial charge < -0.3 is 4.74 Å². The lowest BCUT2D eigenvalue weighted by Gasteiger charge is -2.26. The van der Waals surface area contributed by atoms with E-state index in [-0.39, 0.29) is 5.92 Å². The Balaban J connectivity index is 2.22. The van der Waals surface area contributed by atoms with E-state index in [1.165, 1.54) is 12.1 Å². The van der Waals surface area contributed by atoms with E-state index in [2.05, 4.69) is 11.7 Å². The fourth-order valence-electron chi connectivity index (χ4n) is 2.65. The summed E-state index contributed by atoms with van der Waals surface area (Å²) in [5.74, 6) is -2.04. The first kappa shape index (κ1) is 14.0. The van der Waals surface area contributed by atoms with Gasteiger partial charge in [0.05, 0.1) is 0 Å². The number of carbonyl (C=O) groups is 1. The summed E-state index contributed by atoms with van der Waals surface area (Å²) in [7, 11) is 0. The van der Waals surface area contributed by atoms with Crippen molar-refractivity contribution in [3.05, 3.63) is 29.3 Å². The number of rotatable bonds is 2. The molecule has 0 bridgehead atoms. The van der Waals surface area contributed by atoms with E-state index in [1.807, 2.05) is 0 Å². The smallest absolute Gasteiger partial charge is 0.308 e. The van der Waals surface area contributed by atoms with Gasteiger partial charge in [0.25, 0.3) is 0 Å². The number of esters is 1. The first-order valence-corrected chi connectivity index (χ1v) is 6.64. The highest BCUT2D eigenvalue weighted by atomic mass is 19.1. The summed E-state index contributed by atoms with van der Waals surface area (Å²) in [6, 6.07) is 2.59. The van der Waals surface area contributed by atoms with Crippen molar-refractivity contribution >= 4 is 5.97 Å². The third-order valence-electron chi connectivity index (χ3n) is 3.75. The zero-order valence-electron chi connectivity index (χ0n) is 11.2. The summed E-state index contributed by atoms with van der Waals surface area (Å²) >= 11 is 0. The molecule has 0 atom stereocenters. The molecule has 1 aliphatic rings. The van der Waals surface area contributed by atoms with Crippen LogP contribution >= 0.6 is 0 Å². The van der Waals surface area contributed by atoms with Crippen LogP contribution in [-0.4, -0.2) is 5.97 Å². The zero-order chi connectivity index (χ0) is 14.0. The topological polar surface area (TPSA) is 26.3 Å². The molecule has 1 aliphatic carbocycles. The van der Waals surface area contributed by atoms with Gasteiger partial charge in [0.15, 0.2) is 11.6 Å². The van der Waals surface area contributed by atoms with Crippen LogP contribution < -0.4 is 4.74 Å². The molecule has 4 heteroatoms. The maximum atomic E-state index is 13.8. The maximum Gasteiger partial charge on any atom is 0.308 e. The van der Waals surface area contributed by atoms with Gasteiger partial charge >= 0.3 is 5.97 Å². The van der Waals surface area contributed by atoms with Crippen LogP contribution in [-0.2, 0) is 4.79 Å². The van der Waals surface area contributed by atoms with E-state index < -0.39 is 23.4 Å². The van der Waals surface area contributed by atoms with Crippen molar-refractivity contribution < 1.29 is 18.3 Å². The molecule has 0 amide bonds. The normalized spacial score (nSPS) is 23.2. The van der Waals surface area contributed by atoms with E-state index in [0.717, 1.165) is 32.6 Å². The monoisotopic (exact) mass is 268 g/mol. The molecular weight excluding hydrogens is 250 g/mol. The van der Waals surface area contributed by atoms with Gasteiger partial charge in [0, 0.05) is 6.92 Å². The molecule has 0 heterocycles. The molecule has 1 fully saturated rings. The lowest BCUT2D eigenvalue weighted by Crippen LogP contribution is -2.12. The van der Waals surface area contributed by atoms with Crippen LogP contribution in [0.25, 0.3) is 0 Å². The molecule has 1 saturated carbocycles. The predicted octanol–water partition coefficient (Wildman–Crippen LogP) is 4.18. The Morgan fingerprint density at radius 1 is 1.16 bits per heavy atom. The van der Waals surface area contributed by atoms with Gasteiger partial charge in [-0.2, -0.15) is 0 Å². The third kappa shape index (κ3) is 3.31. The molecule has 0 N–H and O–H groups in total. The van der Waals surface area contributed by atoms with Gasteiger partial charge in [-0.15, -0.1) is 0 Å². The van der Waals surface area contributed by atoms with Crippen LogP contribution in [0.2, 0.25) is 0 Å². The number of hydrogen-bond donors (Lipinski definition) is 0. The molecule has 1 aromatic carbocycles. The van der Waals surface area contributed by atoms with Gasteiger partial charge in [-0.3, -0.25) is 4.79 Å². The molecule has 0 spiro atoms. The van der Waals surface area contributed by atoms with E-state index in [9.17, 15) is 13.6 Å². The second kappa shape index (κ2) is 5.68. The summed E-state index contributed by atoms with van der Waals surface area (Å²) in [6.45, 7) is 3.32. The van der Waals surface area contributed by atoms with Crippen molar-refractivity contribution in [2.24, 2.45) is 5.92 Å². The largest absolute Gasteiger partial charge is 0.420 e. The highest BCUT2D eigenvalue weighted by Crippen LogP contribution is 2.37. The van der Waals surface area contributed by atoms with Crippen molar-refractivity contribution in [2.75, 3.05) is 0 Å². The Morgan fingerprint density at radius 2 is 1.68 bits per heavy atom. The number of halogens is 2. The predicted molar refractivity (Wildman–Crippen MR) is 68.0 cm³/mol. The van der Waals surface area contributed by atoms with Crippen LogP contribution in [0.15, 0.2) is 12.1 Å². The SMILES string of the molecule is CC(=O)Oc1c(F)cc(C2CCC(C)CC2)cc1F. The molecule has 0 unspecified atom stereocenters. The molecular formula is C15H18F2O2. The first-order chi connectivity index (χ1) is 8.97. The average Bonchev–Trinajstić information content (AvgIpc) is 2.34. The molecule has 0 radical (unpaired) electrons. The molecule has 2 nitrogen and oxygen atoms in total. The zero-order valence-corrected chi connectivity index (χ0v) is 11.2. The number of carbonyl (C=O) groups excluding carboxylic acids is 1. The van der Waals surface area contributed by atoms with Crippen LogP contribution in [0.1, 0.15) is 51.0 Å². The Labute approximate surface area is 111 Å².